The molecule has 0 aliphatic carbocycles. The lowest BCUT2D eigenvalue weighted by molar-refractivity contribution is -0.384. The Morgan fingerprint density at radius 3 is 2.40 bits per heavy atom. The van der Waals surface area contributed by atoms with Crippen LogP contribution in [0.4, 0.5) is 5.69 Å². The molecular weight excluding hydrogens is 318 g/mol. The smallest absolute Gasteiger partial charge is 0.271 e. The van der Waals surface area contributed by atoms with Gasteiger partial charge < -0.3 is 0 Å². The number of nitrogens with zero attached hydrogens (tertiary/aromatic N) is 3. The van der Waals surface area contributed by atoms with Gasteiger partial charge in [-0.05, 0) is 22.6 Å². The van der Waals surface area contributed by atoms with E-state index in [9.17, 15) is 14.9 Å². The van der Waals surface area contributed by atoms with Gasteiger partial charge in [0.2, 0.25) is 0 Å². The number of fused-ring (bicyclic) bond motifs is 1. The van der Waals surface area contributed by atoms with Crippen LogP contribution in [0.25, 0.3) is 10.9 Å². The Hall–Kier alpha value is -3.02. The molecule has 128 valence electrons. The van der Waals surface area contributed by atoms with Gasteiger partial charge in [-0.25, -0.2) is 4.98 Å². The monoisotopic (exact) mass is 337 g/mol. The molecule has 0 radical (unpaired) electrons. The summed E-state index contributed by atoms with van der Waals surface area (Å²) in [6, 6.07) is 12.3. The lowest BCUT2D eigenvalue weighted by Crippen LogP contribution is -2.21. The van der Waals surface area contributed by atoms with Crippen molar-refractivity contribution in [2.45, 2.75) is 32.7 Å². The van der Waals surface area contributed by atoms with Gasteiger partial charge in [0.25, 0.3) is 11.2 Å². The van der Waals surface area contributed by atoms with E-state index in [0.29, 0.717) is 17.4 Å². The van der Waals surface area contributed by atoms with Crippen LogP contribution in [0.3, 0.4) is 0 Å². The van der Waals surface area contributed by atoms with E-state index in [2.05, 4.69) is 37.9 Å². The Bertz CT molecular complexity index is 999. The molecule has 0 atom stereocenters. The van der Waals surface area contributed by atoms with Crippen LogP contribution in [0.1, 0.15) is 31.9 Å². The SMILES string of the molecule is CC(C)(C)c1ccc(Cn2cnc3cc([N+](=O)[O-])ccc3c2=O)cc1. The first-order valence-corrected chi connectivity index (χ1v) is 7.99. The third-order valence-corrected chi connectivity index (χ3v) is 4.19. The summed E-state index contributed by atoms with van der Waals surface area (Å²) in [4.78, 5) is 27.1. The minimum atomic E-state index is -0.497. The highest BCUT2D eigenvalue weighted by Crippen LogP contribution is 2.22. The van der Waals surface area contributed by atoms with Gasteiger partial charge in [0.15, 0.2) is 0 Å². The standard InChI is InChI=1S/C19H19N3O3/c1-19(2,3)14-6-4-13(5-7-14)11-21-12-20-17-10-15(22(24)25)8-9-16(17)18(21)23/h4-10,12H,11H2,1-3H3. The average Bonchev–Trinajstić information content (AvgIpc) is 2.56. The fourth-order valence-corrected chi connectivity index (χ4v) is 2.68. The third kappa shape index (κ3) is 3.42. The van der Waals surface area contributed by atoms with Crippen molar-refractivity contribution in [2.75, 3.05) is 0 Å². The van der Waals surface area contributed by atoms with Gasteiger partial charge >= 0.3 is 0 Å². The van der Waals surface area contributed by atoms with Gasteiger partial charge in [-0.2, -0.15) is 0 Å². The molecule has 0 aliphatic heterocycles. The number of nitro groups is 1. The first-order valence-electron chi connectivity index (χ1n) is 7.99. The average molecular weight is 337 g/mol. The maximum atomic E-state index is 12.6. The Morgan fingerprint density at radius 1 is 1.12 bits per heavy atom. The van der Waals surface area contributed by atoms with E-state index in [1.807, 2.05) is 12.1 Å². The minimum Gasteiger partial charge on any atom is -0.294 e. The molecule has 0 bridgehead atoms. The maximum absolute atomic E-state index is 12.6. The molecule has 0 aliphatic rings. The van der Waals surface area contributed by atoms with Crippen molar-refractivity contribution in [1.29, 1.82) is 0 Å². The number of rotatable bonds is 3. The number of benzene rings is 2. The Kier molecular flexibility index (Phi) is 4.12. The van der Waals surface area contributed by atoms with Gasteiger partial charge in [-0.1, -0.05) is 45.0 Å². The normalized spacial score (nSPS) is 11.6. The lowest BCUT2D eigenvalue weighted by atomic mass is 9.87. The summed E-state index contributed by atoms with van der Waals surface area (Å²) in [6.45, 7) is 6.86. The second kappa shape index (κ2) is 6.12. The van der Waals surface area contributed by atoms with Crippen LogP contribution in [0, 0.1) is 10.1 Å². The molecule has 6 heteroatoms. The number of hydrogen-bond acceptors (Lipinski definition) is 4. The molecule has 0 N–H and O–H groups in total. The number of aromatic nitrogens is 2. The summed E-state index contributed by atoms with van der Waals surface area (Å²) in [5.74, 6) is 0. The third-order valence-electron chi connectivity index (χ3n) is 4.19. The molecule has 3 aromatic rings. The molecule has 2 aromatic carbocycles. The van der Waals surface area contributed by atoms with E-state index in [1.54, 1.807) is 0 Å². The van der Waals surface area contributed by atoms with E-state index >= 15 is 0 Å². The van der Waals surface area contributed by atoms with E-state index < -0.39 is 4.92 Å². The predicted octanol–water partition coefficient (Wildman–Crippen LogP) is 3.65. The Balaban J connectivity index is 1.94. The van der Waals surface area contributed by atoms with Crippen LogP contribution >= 0.6 is 0 Å². The quantitative estimate of drug-likeness (QED) is 0.540. The summed E-state index contributed by atoms with van der Waals surface area (Å²) in [6.07, 6.45) is 1.44. The van der Waals surface area contributed by atoms with Crippen molar-refractivity contribution in [3.63, 3.8) is 0 Å². The topological polar surface area (TPSA) is 78.0 Å². The lowest BCUT2D eigenvalue weighted by Gasteiger charge is -2.19. The summed E-state index contributed by atoms with van der Waals surface area (Å²) in [5, 5.41) is 11.2. The summed E-state index contributed by atoms with van der Waals surface area (Å²) in [7, 11) is 0. The summed E-state index contributed by atoms with van der Waals surface area (Å²) >= 11 is 0. The maximum Gasteiger partial charge on any atom is 0.271 e. The van der Waals surface area contributed by atoms with Gasteiger partial charge in [-0.15, -0.1) is 0 Å². The van der Waals surface area contributed by atoms with Crippen molar-refractivity contribution in [2.24, 2.45) is 0 Å². The molecule has 1 heterocycles. The zero-order valence-corrected chi connectivity index (χ0v) is 14.4. The first-order chi connectivity index (χ1) is 11.8. The highest BCUT2D eigenvalue weighted by molar-refractivity contribution is 5.79. The summed E-state index contributed by atoms with van der Waals surface area (Å²) < 4.78 is 1.51. The van der Waals surface area contributed by atoms with Crippen LogP contribution in [0.2, 0.25) is 0 Å². The fraction of sp³-hybridized carbons (Fsp3) is 0.263. The highest BCUT2D eigenvalue weighted by Gasteiger charge is 2.13. The van der Waals surface area contributed by atoms with Gasteiger partial charge in [0.1, 0.15) is 0 Å². The second-order valence-corrected chi connectivity index (χ2v) is 7.08. The van der Waals surface area contributed by atoms with Crippen LogP contribution in [0.15, 0.2) is 53.6 Å². The van der Waals surface area contributed by atoms with Crippen molar-refractivity contribution < 1.29 is 4.92 Å². The molecule has 0 saturated carbocycles. The molecule has 25 heavy (non-hydrogen) atoms. The van der Waals surface area contributed by atoms with E-state index in [1.165, 1.54) is 34.7 Å². The van der Waals surface area contributed by atoms with Crippen molar-refractivity contribution >= 4 is 16.6 Å². The fourth-order valence-electron chi connectivity index (χ4n) is 2.68. The predicted molar refractivity (Wildman–Crippen MR) is 96.9 cm³/mol. The van der Waals surface area contributed by atoms with E-state index in [4.69, 9.17) is 0 Å². The zero-order valence-electron chi connectivity index (χ0n) is 14.4. The minimum absolute atomic E-state index is 0.0741. The molecule has 6 nitrogen and oxygen atoms in total. The molecule has 0 spiro atoms. The molecule has 0 unspecified atom stereocenters. The molecular formula is C19H19N3O3. The molecule has 0 fully saturated rings. The van der Waals surface area contributed by atoms with Crippen molar-refractivity contribution in [3.05, 3.63) is 80.4 Å². The van der Waals surface area contributed by atoms with Crippen LogP contribution < -0.4 is 5.56 Å². The van der Waals surface area contributed by atoms with Crippen LogP contribution in [-0.4, -0.2) is 14.5 Å². The molecule has 3 rings (SSSR count). The second-order valence-electron chi connectivity index (χ2n) is 7.08. The zero-order chi connectivity index (χ0) is 18.2. The molecule has 1 aromatic heterocycles. The Labute approximate surface area is 144 Å². The Morgan fingerprint density at radius 2 is 1.80 bits per heavy atom. The van der Waals surface area contributed by atoms with E-state index in [-0.39, 0.29) is 16.7 Å². The van der Waals surface area contributed by atoms with Gasteiger partial charge in [-0.3, -0.25) is 19.5 Å². The van der Waals surface area contributed by atoms with Crippen molar-refractivity contribution in [3.8, 4) is 0 Å². The highest BCUT2D eigenvalue weighted by atomic mass is 16.6. The number of nitro benzene ring substituents is 1. The first kappa shape index (κ1) is 16.8. The van der Waals surface area contributed by atoms with Crippen LogP contribution in [0.5, 0.6) is 0 Å². The van der Waals surface area contributed by atoms with Gasteiger partial charge in [0.05, 0.1) is 28.7 Å². The summed E-state index contributed by atoms with van der Waals surface area (Å²) in [5.41, 5.74) is 2.35. The van der Waals surface area contributed by atoms with Crippen LogP contribution in [-0.2, 0) is 12.0 Å². The van der Waals surface area contributed by atoms with Crippen molar-refractivity contribution in [1.82, 2.24) is 9.55 Å². The number of hydrogen-bond donors (Lipinski definition) is 0. The molecule has 0 saturated heterocycles. The van der Waals surface area contributed by atoms with Gasteiger partial charge in [0, 0.05) is 12.1 Å². The number of non-ortho nitro benzene ring substituents is 1. The largest absolute Gasteiger partial charge is 0.294 e. The van der Waals surface area contributed by atoms with E-state index in [0.717, 1.165) is 5.56 Å². The molecule has 0 amide bonds.